The summed E-state index contributed by atoms with van der Waals surface area (Å²) < 4.78 is 66.1. The maximum absolute atomic E-state index is 12.3. The summed E-state index contributed by atoms with van der Waals surface area (Å²) in [6.45, 7) is 3.56. The number of hydrogen-bond donors (Lipinski definition) is 1. The van der Waals surface area contributed by atoms with Gasteiger partial charge < -0.3 is 15.1 Å². The molecule has 0 saturated heterocycles. The molecule has 0 aliphatic carbocycles. The second kappa shape index (κ2) is 17.5. The van der Waals surface area contributed by atoms with E-state index in [-0.39, 0.29) is 88.7 Å². The number of nitrogens with one attached hydrogen (secondary N) is 1. The Morgan fingerprint density at radius 3 is 2.17 bits per heavy atom. The average Bonchev–Trinajstić information content (AvgIpc) is 2.80. The Kier molecular flexibility index (Phi) is 17.4. The molecule has 0 fully saturated rings. The number of nitrogens with zero attached hydrogens (tertiary/aromatic N) is 2. The molecular formula is C19H23N3Na2O9S3. The molecule has 0 amide bonds. The Morgan fingerprint density at radius 1 is 0.972 bits per heavy atom. The van der Waals surface area contributed by atoms with Gasteiger partial charge in [-0.05, 0) is 60.4 Å². The van der Waals surface area contributed by atoms with Gasteiger partial charge in [-0.2, -0.15) is 10.2 Å². The van der Waals surface area contributed by atoms with E-state index in [4.69, 9.17) is 4.18 Å². The monoisotopic (exact) mass is 579 g/mol. The van der Waals surface area contributed by atoms with Crippen molar-refractivity contribution >= 4 is 49.3 Å². The standard InChI is InChI=1S/C19H25N3O9S3.2Na/c1-3-14-12-19(15(4-2)11-18(14)20-13-34(26,27)28)22-21-16-5-7-17(8-6-16)33(24,25)10-9-29-32-31-30-23;;/h5-8,11-12,20,23H,3-4,9-10,13H2,1-2H3,(H,26,27,28);;/q;2*+1/p-2. The fraction of sp³-hybridized carbons (Fsp3) is 0.368. The Labute approximate surface area is 259 Å². The van der Waals surface area contributed by atoms with E-state index < -0.39 is 25.8 Å². The van der Waals surface area contributed by atoms with Gasteiger partial charge in [-0.3, -0.25) is 9.22 Å². The third kappa shape index (κ3) is 12.2. The van der Waals surface area contributed by atoms with Crippen LogP contribution in [0.1, 0.15) is 25.0 Å². The molecule has 188 valence electrons. The second-order valence-electron chi connectivity index (χ2n) is 6.76. The Hall–Kier alpha value is -0.110. The summed E-state index contributed by atoms with van der Waals surface area (Å²) in [7, 11) is -8.05. The van der Waals surface area contributed by atoms with Crippen molar-refractivity contribution in [3.63, 3.8) is 0 Å². The van der Waals surface area contributed by atoms with E-state index in [9.17, 15) is 26.6 Å². The molecule has 0 heterocycles. The zero-order chi connectivity index (χ0) is 25.2. The first-order valence-corrected chi connectivity index (χ1v) is 13.8. The van der Waals surface area contributed by atoms with Gasteiger partial charge >= 0.3 is 59.1 Å². The van der Waals surface area contributed by atoms with Crippen molar-refractivity contribution in [1.29, 1.82) is 0 Å². The second-order valence-corrected chi connectivity index (χ2v) is 10.8. The number of azo groups is 1. The van der Waals surface area contributed by atoms with Crippen molar-refractivity contribution in [3.05, 3.63) is 47.5 Å². The molecule has 1 N–H and O–H groups in total. The summed E-state index contributed by atoms with van der Waals surface area (Å²) in [4.78, 5) is 0.0623. The Bertz CT molecular complexity index is 1200. The molecule has 12 nitrogen and oxygen atoms in total. The predicted octanol–water partition coefficient (Wildman–Crippen LogP) is -3.27. The van der Waals surface area contributed by atoms with Gasteiger partial charge in [0.15, 0.2) is 22.2 Å². The van der Waals surface area contributed by atoms with E-state index in [2.05, 4.69) is 24.9 Å². The Morgan fingerprint density at radius 2 is 1.61 bits per heavy atom. The molecule has 2 aromatic carbocycles. The molecule has 2 rings (SSSR count). The minimum absolute atomic E-state index is 0. The van der Waals surface area contributed by atoms with Crippen molar-refractivity contribution in [2.24, 2.45) is 10.2 Å². The van der Waals surface area contributed by atoms with E-state index in [1.54, 1.807) is 12.1 Å². The number of hydrogen-bond acceptors (Lipinski definition) is 13. The fourth-order valence-corrected chi connectivity index (χ4v) is 4.57. The van der Waals surface area contributed by atoms with Crippen molar-refractivity contribution in [1.82, 2.24) is 0 Å². The first-order chi connectivity index (χ1) is 16.1. The predicted molar refractivity (Wildman–Crippen MR) is 122 cm³/mol. The minimum atomic E-state index is -4.42. The van der Waals surface area contributed by atoms with Gasteiger partial charge in [0.25, 0.3) is 0 Å². The van der Waals surface area contributed by atoms with Gasteiger partial charge in [-0.25, -0.2) is 16.8 Å². The maximum Gasteiger partial charge on any atom is 1.00 e. The smallest absolute Gasteiger partial charge is 0.747 e. The summed E-state index contributed by atoms with van der Waals surface area (Å²) in [5, 5.41) is 23.8. The van der Waals surface area contributed by atoms with E-state index in [0.29, 0.717) is 29.9 Å². The van der Waals surface area contributed by atoms with Gasteiger partial charge in [-0.1, -0.05) is 13.8 Å². The van der Waals surface area contributed by atoms with Crippen LogP contribution in [0, 0.1) is 0 Å². The SMILES string of the molecule is CCc1cc(NCS(=O)(=O)[O-])c(CC)cc1N=Nc1ccc(S(=O)(=O)CCOSOO[O-])cc1.[Na+].[Na+]. The van der Waals surface area contributed by atoms with E-state index in [1.165, 1.54) is 24.3 Å². The molecule has 0 spiro atoms. The molecule has 0 aliphatic heterocycles. The molecular weight excluding hydrogens is 556 g/mol. The molecule has 0 unspecified atom stereocenters. The van der Waals surface area contributed by atoms with Crippen LogP contribution in [-0.2, 0) is 46.4 Å². The van der Waals surface area contributed by atoms with Crippen LogP contribution in [0.25, 0.3) is 0 Å². The van der Waals surface area contributed by atoms with Crippen molar-refractivity contribution in [2.45, 2.75) is 31.6 Å². The number of aryl methyl sites for hydroxylation is 2. The topological polar surface area (TPSA) is 179 Å². The van der Waals surface area contributed by atoms with Gasteiger partial charge in [0.2, 0.25) is 0 Å². The first kappa shape index (κ1) is 35.9. The summed E-state index contributed by atoms with van der Waals surface area (Å²) in [5.74, 6) is -1.05. The molecule has 0 atom stereocenters. The first-order valence-electron chi connectivity index (χ1n) is 9.92. The third-order valence-corrected chi connectivity index (χ3v) is 7.08. The van der Waals surface area contributed by atoms with Crippen LogP contribution in [0.3, 0.4) is 0 Å². The molecule has 2 aromatic rings. The van der Waals surface area contributed by atoms with Crippen LogP contribution < -0.4 is 69.7 Å². The maximum atomic E-state index is 12.3. The average molecular weight is 580 g/mol. The molecule has 0 radical (unpaired) electrons. The normalized spacial score (nSPS) is 11.7. The zero-order valence-electron chi connectivity index (χ0n) is 20.3. The molecule has 0 bridgehead atoms. The molecule has 0 aromatic heterocycles. The quantitative estimate of drug-likeness (QED) is 0.0451. The van der Waals surface area contributed by atoms with Crippen LogP contribution in [0.4, 0.5) is 17.1 Å². The Balaban J connectivity index is 0.00000612. The summed E-state index contributed by atoms with van der Waals surface area (Å²) in [6.07, 6.45) is 1.15. The minimum Gasteiger partial charge on any atom is -0.747 e. The van der Waals surface area contributed by atoms with Gasteiger partial charge in [0.05, 0.1) is 28.6 Å². The summed E-state index contributed by atoms with van der Waals surface area (Å²) >= 11 is 0.235. The zero-order valence-corrected chi connectivity index (χ0v) is 26.7. The molecule has 0 aliphatic rings. The van der Waals surface area contributed by atoms with E-state index in [1.807, 2.05) is 13.8 Å². The van der Waals surface area contributed by atoms with Crippen LogP contribution in [0.15, 0.2) is 51.5 Å². The largest absolute Gasteiger partial charge is 1.00 e. The molecule has 36 heavy (non-hydrogen) atoms. The van der Waals surface area contributed by atoms with Crippen LogP contribution in [0.5, 0.6) is 0 Å². The van der Waals surface area contributed by atoms with Crippen molar-refractivity contribution in [2.75, 3.05) is 23.6 Å². The third-order valence-electron chi connectivity index (χ3n) is 4.51. The number of benzene rings is 2. The summed E-state index contributed by atoms with van der Waals surface area (Å²) in [5.41, 5.74) is 3.10. The van der Waals surface area contributed by atoms with Crippen molar-refractivity contribution in [3.8, 4) is 0 Å². The fourth-order valence-electron chi connectivity index (χ4n) is 2.83. The van der Waals surface area contributed by atoms with Crippen LogP contribution in [-0.4, -0.2) is 39.6 Å². The van der Waals surface area contributed by atoms with Gasteiger partial charge in [0, 0.05) is 5.69 Å². The van der Waals surface area contributed by atoms with E-state index >= 15 is 0 Å². The molecule has 17 heteroatoms. The number of anilines is 1. The molecule has 0 saturated carbocycles. The van der Waals surface area contributed by atoms with Crippen molar-refractivity contribution < 1.29 is 99.3 Å². The van der Waals surface area contributed by atoms with Crippen LogP contribution in [0.2, 0.25) is 0 Å². The van der Waals surface area contributed by atoms with Crippen LogP contribution >= 0.6 is 12.3 Å². The number of sulfone groups is 1. The number of rotatable bonds is 14. The van der Waals surface area contributed by atoms with Gasteiger partial charge in [-0.15, -0.1) is 4.33 Å². The van der Waals surface area contributed by atoms with E-state index in [0.717, 1.165) is 11.1 Å². The summed E-state index contributed by atoms with van der Waals surface area (Å²) in [6, 6.07) is 9.29. The van der Waals surface area contributed by atoms with Gasteiger partial charge in [0.1, 0.15) is 16.0 Å².